The molecule has 1 aromatic carbocycles. The van der Waals surface area contributed by atoms with E-state index in [-0.39, 0.29) is 0 Å². The first-order valence-corrected chi connectivity index (χ1v) is 5.06. The average molecular weight is 210 g/mol. The summed E-state index contributed by atoms with van der Waals surface area (Å²) in [4.78, 5) is 10.7. The van der Waals surface area contributed by atoms with Crippen LogP contribution in [-0.2, 0) is 0 Å². The van der Waals surface area contributed by atoms with Gasteiger partial charge in [0.1, 0.15) is 0 Å². The molecule has 1 N–H and O–H groups in total. The van der Waals surface area contributed by atoms with Crippen LogP contribution in [0.4, 0.5) is 0 Å². The highest BCUT2D eigenvalue weighted by Gasteiger charge is 2.20. The van der Waals surface area contributed by atoms with Crippen LogP contribution in [0.25, 0.3) is 0 Å². The Balaban J connectivity index is 2.40. The molecule has 0 aromatic heterocycles. The van der Waals surface area contributed by atoms with Crippen LogP contribution in [0.3, 0.4) is 0 Å². The molecule has 1 fully saturated rings. The molecule has 0 saturated carbocycles. The minimum Gasteiger partial charge on any atom is -0.315 e. The van der Waals surface area contributed by atoms with Gasteiger partial charge in [-0.05, 0) is 24.1 Å². The number of carbonyl (C=O) groups is 1. The smallest absolute Gasteiger partial charge is 0.151 e. The fourth-order valence-corrected chi connectivity index (χ4v) is 2.01. The van der Waals surface area contributed by atoms with Gasteiger partial charge in [0.05, 0.1) is 5.02 Å². The van der Waals surface area contributed by atoms with E-state index in [0.29, 0.717) is 16.5 Å². The summed E-state index contributed by atoms with van der Waals surface area (Å²) in [5.41, 5.74) is 2.81. The molecule has 3 heteroatoms. The molecule has 0 atom stereocenters. The van der Waals surface area contributed by atoms with Crippen LogP contribution in [-0.4, -0.2) is 19.4 Å². The minimum absolute atomic E-state index is 0.562. The summed E-state index contributed by atoms with van der Waals surface area (Å²) >= 11 is 6.01. The normalized spacial score (nSPS) is 16.4. The first-order chi connectivity index (χ1) is 6.72. The molecular formula is C11H12ClNO. The van der Waals surface area contributed by atoms with E-state index in [0.717, 1.165) is 24.9 Å². The predicted molar refractivity (Wildman–Crippen MR) is 57.2 cm³/mol. The van der Waals surface area contributed by atoms with E-state index in [1.807, 2.05) is 13.0 Å². The van der Waals surface area contributed by atoms with Crippen LogP contribution in [0.2, 0.25) is 5.02 Å². The molecule has 0 unspecified atom stereocenters. The molecular weight excluding hydrogens is 198 g/mol. The van der Waals surface area contributed by atoms with Gasteiger partial charge in [-0.2, -0.15) is 0 Å². The molecule has 0 bridgehead atoms. The predicted octanol–water partition coefficient (Wildman–Crippen LogP) is 2.15. The van der Waals surface area contributed by atoms with Gasteiger partial charge in [-0.15, -0.1) is 0 Å². The number of rotatable bonds is 2. The second-order valence-electron chi connectivity index (χ2n) is 3.71. The Bertz CT molecular complexity index is 349. The van der Waals surface area contributed by atoms with E-state index >= 15 is 0 Å². The molecule has 2 rings (SSSR count). The molecule has 2 nitrogen and oxygen atoms in total. The van der Waals surface area contributed by atoms with Crippen molar-refractivity contribution in [3.8, 4) is 0 Å². The first kappa shape index (κ1) is 9.69. The summed E-state index contributed by atoms with van der Waals surface area (Å²) in [7, 11) is 0. The van der Waals surface area contributed by atoms with Gasteiger partial charge in [-0.3, -0.25) is 4.79 Å². The second kappa shape index (κ2) is 3.71. The fourth-order valence-electron chi connectivity index (χ4n) is 1.69. The Morgan fingerprint density at radius 2 is 2.21 bits per heavy atom. The molecule has 1 aliphatic rings. The third-order valence-corrected chi connectivity index (χ3v) is 3.04. The summed E-state index contributed by atoms with van der Waals surface area (Å²) in [6.07, 6.45) is 0.820. The van der Waals surface area contributed by atoms with Gasteiger partial charge in [0, 0.05) is 24.6 Å². The summed E-state index contributed by atoms with van der Waals surface area (Å²) in [5.74, 6) is 0.562. The van der Waals surface area contributed by atoms with Crippen molar-refractivity contribution in [1.82, 2.24) is 5.32 Å². The highest BCUT2D eigenvalue weighted by Crippen LogP contribution is 2.27. The molecule has 14 heavy (non-hydrogen) atoms. The molecule has 1 saturated heterocycles. The standard InChI is InChI=1S/C11H12ClNO/c1-7-2-8(9-4-13-5-9)3-11(12)10(7)6-14/h2-3,6,9,13H,4-5H2,1H3. The van der Waals surface area contributed by atoms with Crippen LogP contribution in [0, 0.1) is 6.92 Å². The largest absolute Gasteiger partial charge is 0.315 e. The molecule has 1 heterocycles. The van der Waals surface area contributed by atoms with Crippen LogP contribution < -0.4 is 5.32 Å². The Kier molecular flexibility index (Phi) is 2.57. The zero-order valence-electron chi connectivity index (χ0n) is 8.01. The van der Waals surface area contributed by atoms with Gasteiger partial charge < -0.3 is 5.32 Å². The summed E-state index contributed by atoms with van der Waals surface area (Å²) in [6.45, 7) is 3.94. The zero-order chi connectivity index (χ0) is 10.1. The van der Waals surface area contributed by atoms with Crippen LogP contribution >= 0.6 is 11.6 Å². The maximum Gasteiger partial charge on any atom is 0.151 e. The number of benzene rings is 1. The van der Waals surface area contributed by atoms with Gasteiger partial charge in [0.15, 0.2) is 6.29 Å². The lowest BCUT2D eigenvalue weighted by Crippen LogP contribution is -2.39. The average Bonchev–Trinajstić information content (AvgIpc) is 2.00. The van der Waals surface area contributed by atoms with E-state index in [4.69, 9.17) is 11.6 Å². The van der Waals surface area contributed by atoms with Crippen LogP contribution in [0.15, 0.2) is 12.1 Å². The van der Waals surface area contributed by atoms with Crippen molar-refractivity contribution in [3.63, 3.8) is 0 Å². The Labute approximate surface area is 88.3 Å². The number of nitrogens with one attached hydrogen (secondary N) is 1. The number of hydrogen-bond acceptors (Lipinski definition) is 2. The maximum absolute atomic E-state index is 10.7. The Morgan fingerprint density at radius 1 is 1.50 bits per heavy atom. The van der Waals surface area contributed by atoms with Crippen molar-refractivity contribution < 1.29 is 4.79 Å². The van der Waals surface area contributed by atoms with Gasteiger partial charge in [0.25, 0.3) is 0 Å². The third-order valence-electron chi connectivity index (χ3n) is 2.73. The SMILES string of the molecule is Cc1cc(C2CNC2)cc(Cl)c1C=O. The lowest BCUT2D eigenvalue weighted by atomic mass is 9.91. The molecule has 0 radical (unpaired) electrons. The maximum atomic E-state index is 10.7. The van der Waals surface area contributed by atoms with Gasteiger partial charge >= 0.3 is 0 Å². The van der Waals surface area contributed by atoms with Gasteiger partial charge in [-0.25, -0.2) is 0 Å². The van der Waals surface area contributed by atoms with Crippen molar-refractivity contribution in [2.24, 2.45) is 0 Å². The molecule has 0 aliphatic carbocycles. The van der Waals surface area contributed by atoms with E-state index < -0.39 is 0 Å². The van der Waals surface area contributed by atoms with Crippen LogP contribution in [0.1, 0.15) is 27.4 Å². The van der Waals surface area contributed by atoms with E-state index in [1.165, 1.54) is 5.56 Å². The van der Waals surface area contributed by atoms with Gasteiger partial charge in [-0.1, -0.05) is 17.7 Å². The third kappa shape index (κ3) is 1.56. The van der Waals surface area contributed by atoms with Crippen molar-refractivity contribution >= 4 is 17.9 Å². The summed E-state index contributed by atoms with van der Waals surface area (Å²) in [6, 6.07) is 3.96. The topological polar surface area (TPSA) is 29.1 Å². The number of hydrogen-bond donors (Lipinski definition) is 1. The van der Waals surface area contributed by atoms with Gasteiger partial charge in [0.2, 0.25) is 0 Å². The van der Waals surface area contributed by atoms with Crippen molar-refractivity contribution in [3.05, 3.63) is 33.8 Å². The fraction of sp³-hybridized carbons (Fsp3) is 0.364. The summed E-state index contributed by atoms with van der Waals surface area (Å²) < 4.78 is 0. The van der Waals surface area contributed by atoms with Crippen molar-refractivity contribution in [1.29, 1.82) is 0 Å². The molecule has 0 spiro atoms. The second-order valence-corrected chi connectivity index (χ2v) is 4.11. The number of aryl methyl sites for hydroxylation is 1. The van der Waals surface area contributed by atoms with Crippen LogP contribution in [0.5, 0.6) is 0 Å². The highest BCUT2D eigenvalue weighted by molar-refractivity contribution is 6.33. The lowest BCUT2D eigenvalue weighted by Gasteiger charge is -2.28. The Morgan fingerprint density at radius 3 is 2.64 bits per heavy atom. The zero-order valence-corrected chi connectivity index (χ0v) is 8.77. The molecule has 1 aliphatic heterocycles. The number of halogens is 1. The number of carbonyl (C=O) groups excluding carboxylic acids is 1. The van der Waals surface area contributed by atoms with E-state index in [1.54, 1.807) is 0 Å². The monoisotopic (exact) mass is 209 g/mol. The molecule has 1 aromatic rings. The van der Waals surface area contributed by atoms with E-state index in [2.05, 4.69) is 11.4 Å². The minimum atomic E-state index is 0.562. The van der Waals surface area contributed by atoms with Crippen molar-refractivity contribution in [2.75, 3.05) is 13.1 Å². The molecule has 74 valence electrons. The van der Waals surface area contributed by atoms with Crippen molar-refractivity contribution in [2.45, 2.75) is 12.8 Å². The lowest BCUT2D eigenvalue weighted by molar-refractivity contribution is 0.112. The first-order valence-electron chi connectivity index (χ1n) is 4.68. The van der Waals surface area contributed by atoms with E-state index in [9.17, 15) is 4.79 Å². The molecule has 0 amide bonds. The summed E-state index contributed by atoms with van der Waals surface area (Å²) in [5, 5.41) is 3.79. The number of aldehydes is 1. The Hall–Kier alpha value is -0.860. The highest BCUT2D eigenvalue weighted by atomic mass is 35.5. The quantitative estimate of drug-likeness (QED) is 0.757.